The Balaban J connectivity index is 0.000000588. The maximum atomic E-state index is 12.8. The largest absolute Gasteiger partial charge is 0.550 e. The number of aliphatic hydroxyl groups is 1. The number of ether oxygens (including phenoxy) is 1. The summed E-state index contributed by atoms with van der Waals surface area (Å²) in [5, 5.41) is 50.2. The minimum absolute atomic E-state index is 0.0447. The van der Waals surface area contributed by atoms with E-state index >= 15 is 0 Å². The number of hydrogen-bond donors (Lipinski definition) is 8. The van der Waals surface area contributed by atoms with E-state index in [9.17, 15) is 38.7 Å². The van der Waals surface area contributed by atoms with Crippen LogP contribution in [0.1, 0.15) is 41.7 Å². The number of nitrogens with two attached hydrogens (primary N) is 1. The number of esters is 1. The fourth-order valence-corrected chi connectivity index (χ4v) is 3.97. The van der Waals surface area contributed by atoms with Gasteiger partial charge in [-0.25, -0.2) is 19.6 Å². The number of fused-ring (bicyclic) bond motifs is 1. The molecule has 21 heteroatoms. The first-order valence-electron chi connectivity index (χ1n) is 14.9. The Kier molecular flexibility index (Phi) is 14.4. The number of amides is 1. The SMILES string of the molecule is C[N+](C)(C)CCOC(=O)C(CCC(=O)O)NC(=O)c1ccc(NCc2cnc3nc(N)[nH]c(=O)c3n2)cc1.O=C([O-])CC(O)(CC(=O)O)C(=O)O. The average molecular weight is 719 g/mol. The molecule has 2 aromatic heterocycles. The number of carboxylic acid groups (broad SMARTS) is 4. The molecular formula is C30H38N8O13. The van der Waals surface area contributed by atoms with Gasteiger partial charge < -0.3 is 55.9 Å². The van der Waals surface area contributed by atoms with Gasteiger partial charge in [-0.15, -0.1) is 0 Å². The molecule has 0 radical (unpaired) electrons. The normalized spacial score (nSPS) is 12.7. The zero-order valence-electron chi connectivity index (χ0n) is 27.7. The van der Waals surface area contributed by atoms with Gasteiger partial charge >= 0.3 is 23.9 Å². The Morgan fingerprint density at radius 1 is 1.02 bits per heavy atom. The molecule has 2 atom stereocenters. The van der Waals surface area contributed by atoms with Gasteiger partial charge in [-0.1, -0.05) is 0 Å². The van der Waals surface area contributed by atoms with Crippen LogP contribution in [0.2, 0.25) is 0 Å². The van der Waals surface area contributed by atoms with Crippen LogP contribution < -0.4 is 27.0 Å². The van der Waals surface area contributed by atoms with Crippen molar-refractivity contribution in [1.29, 1.82) is 0 Å². The number of H-pyrrole nitrogens is 1. The van der Waals surface area contributed by atoms with Crippen LogP contribution in [0.25, 0.3) is 11.2 Å². The minimum Gasteiger partial charge on any atom is -0.550 e. The fraction of sp³-hybridized carbons (Fsp3) is 0.400. The molecule has 3 aromatic rings. The molecule has 0 aliphatic heterocycles. The summed E-state index contributed by atoms with van der Waals surface area (Å²) < 4.78 is 5.85. The lowest BCUT2D eigenvalue weighted by molar-refractivity contribution is -0.870. The lowest BCUT2D eigenvalue weighted by Gasteiger charge is -2.24. The van der Waals surface area contributed by atoms with Gasteiger partial charge in [-0.2, -0.15) is 4.98 Å². The Morgan fingerprint density at radius 3 is 2.22 bits per heavy atom. The molecule has 21 nitrogen and oxygen atoms in total. The van der Waals surface area contributed by atoms with Crippen LogP contribution in [-0.4, -0.2) is 127 Å². The molecule has 2 unspecified atom stereocenters. The molecule has 276 valence electrons. The van der Waals surface area contributed by atoms with Crippen molar-refractivity contribution in [2.75, 3.05) is 45.3 Å². The van der Waals surface area contributed by atoms with E-state index in [1.807, 2.05) is 21.1 Å². The van der Waals surface area contributed by atoms with E-state index in [0.717, 1.165) is 0 Å². The number of benzene rings is 1. The predicted octanol–water partition coefficient (Wildman–Crippen LogP) is -2.46. The highest BCUT2D eigenvalue weighted by atomic mass is 16.5. The molecule has 2 heterocycles. The number of carbonyl (C=O) groups is 6. The van der Waals surface area contributed by atoms with E-state index in [1.165, 1.54) is 6.20 Å². The first kappa shape index (κ1) is 41.0. The van der Waals surface area contributed by atoms with E-state index < -0.39 is 65.8 Å². The number of aliphatic carboxylic acids is 4. The van der Waals surface area contributed by atoms with Gasteiger partial charge in [0.05, 0.1) is 46.0 Å². The number of carboxylic acids is 4. The smallest absolute Gasteiger partial charge is 0.336 e. The highest BCUT2D eigenvalue weighted by Gasteiger charge is 2.38. The second kappa shape index (κ2) is 18.0. The predicted molar refractivity (Wildman–Crippen MR) is 173 cm³/mol. The Hall–Kier alpha value is -6.22. The van der Waals surface area contributed by atoms with E-state index in [-0.39, 0.29) is 48.7 Å². The van der Waals surface area contributed by atoms with Gasteiger partial charge in [0.15, 0.2) is 16.8 Å². The molecular weight excluding hydrogens is 680 g/mol. The van der Waals surface area contributed by atoms with Crippen molar-refractivity contribution < 1.29 is 63.5 Å². The van der Waals surface area contributed by atoms with Crippen molar-refractivity contribution in [1.82, 2.24) is 25.3 Å². The van der Waals surface area contributed by atoms with E-state index in [4.69, 9.17) is 30.9 Å². The molecule has 0 spiro atoms. The highest BCUT2D eigenvalue weighted by Crippen LogP contribution is 2.15. The minimum atomic E-state index is -2.80. The molecule has 3 rings (SSSR count). The molecule has 0 saturated heterocycles. The highest BCUT2D eigenvalue weighted by molar-refractivity contribution is 5.97. The van der Waals surface area contributed by atoms with Crippen LogP contribution in [0.3, 0.4) is 0 Å². The second-order valence-corrected chi connectivity index (χ2v) is 12.0. The van der Waals surface area contributed by atoms with Crippen LogP contribution in [0.5, 0.6) is 0 Å². The van der Waals surface area contributed by atoms with Crippen LogP contribution in [0, 0.1) is 0 Å². The number of rotatable bonds is 17. The number of anilines is 2. The summed E-state index contributed by atoms with van der Waals surface area (Å²) in [6.07, 6.45) is -1.36. The number of quaternary nitrogens is 1. The number of nitrogen functional groups attached to an aromatic ring is 1. The zero-order valence-corrected chi connectivity index (χ0v) is 27.7. The third kappa shape index (κ3) is 14.0. The van der Waals surface area contributed by atoms with Crippen LogP contribution in [-0.2, 0) is 35.3 Å². The number of likely N-dealkylation sites (N-methyl/N-ethyl adjacent to an activating group) is 1. The van der Waals surface area contributed by atoms with Gasteiger partial charge in [0.1, 0.15) is 19.2 Å². The Bertz CT molecular complexity index is 1790. The Labute approximate surface area is 288 Å². The average Bonchev–Trinajstić information content (AvgIpc) is 3.01. The number of carbonyl (C=O) groups excluding carboxylic acids is 3. The molecule has 0 fully saturated rings. The quantitative estimate of drug-likeness (QED) is 0.0529. The number of aromatic nitrogens is 4. The number of nitrogens with zero attached hydrogens (tertiary/aromatic N) is 4. The summed E-state index contributed by atoms with van der Waals surface area (Å²) >= 11 is 0. The van der Waals surface area contributed by atoms with Crippen molar-refractivity contribution in [3.05, 3.63) is 52.1 Å². The fourth-order valence-electron chi connectivity index (χ4n) is 3.97. The van der Waals surface area contributed by atoms with Crippen LogP contribution >= 0.6 is 0 Å². The van der Waals surface area contributed by atoms with Crippen molar-refractivity contribution in [2.24, 2.45) is 0 Å². The molecule has 9 N–H and O–H groups in total. The number of hydrogen-bond acceptors (Lipinski definition) is 15. The van der Waals surface area contributed by atoms with E-state index in [2.05, 4.69) is 30.6 Å². The van der Waals surface area contributed by atoms with Gasteiger partial charge in [-0.05, 0) is 30.7 Å². The summed E-state index contributed by atoms with van der Waals surface area (Å²) in [5.74, 6) is -7.69. The first-order valence-corrected chi connectivity index (χ1v) is 14.9. The van der Waals surface area contributed by atoms with Crippen molar-refractivity contribution in [3.8, 4) is 0 Å². The molecule has 51 heavy (non-hydrogen) atoms. The molecule has 0 aliphatic rings. The molecule has 1 amide bonds. The Morgan fingerprint density at radius 2 is 1.67 bits per heavy atom. The lowest BCUT2D eigenvalue weighted by Crippen LogP contribution is -2.45. The van der Waals surface area contributed by atoms with Gasteiger partial charge in [0, 0.05) is 30.1 Å². The summed E-state index contributed by atoms with van der Waals surface area (Å²) in [6.45, 7) is 0.948. The molecule has 0 aliphatic carbocycles. The monoisotopic (exact) mass is 718 g/mol. The third-order valence-corrected chi connectivity index (χ3v) is 6.63. The molecule has 0 bridgehead atoms. The van der Waals surface area contributed by atoms with Crippen molar-refractivity contribution in [3.63, 3.8) is 0 Å². The second-order valence-electron chi connectivity index (χ2n) is 12.0. The van der Waals surface area contributed by atoms with E-state index in [1.54, 1.807) is 24.3 Å². The van der Waals surface area contributed by atoms with Gasteiger partial charge in [0.2, 0.25) is 5.95 Å². The maximum absolute atomic E-state index is 12.8. The zero-order chi connectivity index (χ0) is 38.5. The standard InChI is InChI=1S/C24H30N8O6.C6H8O7/c1-32(2,3)10-11-38-23(37)17(8-9-18(33)34)29-21(35)14-4-6-15(7-5-14)26-12-16-13-27-20-19(28-16)22(36)31-24(25)30-20;7-3(8)1-6(13,5(11)12)2-4(9)10/h4-7,13,17H,8-12H2,1-3H3,(H5-,25,26,27,29,30,31,33,34,35,36);13H,1-2H2,(H,7,8)(H,9,10)(H,11,12). The lowest BCUT2D eigenvalue weighted by atomic mass is 9.96. The van der Waals surface area contributed by atoms with E-state index in [0.29, 0.717) is 22.4 Å². The van der Waals surface area contributed by atoms with Gasteiger partial charge in [-0.3, -0.25) is 24.2 Å². The molecule has 1 aromatic carbocycles. The maximum Gasteiger partial charge on any atom is 0.336 e. The summed E-state index contributed by atoms with van der Waals surface area (Å²) in [4.78, 5) is 93.3. The first-order chi connectivity index (χ1) is 23.7. The summed E-state index contributed by atoms with van der Waals surface area (Å²) in [6, 6.07) is 5.33. The van der Waals surface area contributed by atoms with Crippen LogP contribution in [0.15, 0.2) is 35.3 Å². The number of aromatic amines is 1. The van der Waals surface area contributed by atoms with Gasteiger partial charge in [0.25, 0.3) is 11.5 Å². The summed E-state index contributed by atoms with van der Waals surface area (Å²) in [5.41, 5.74) is 3.85. The molecule has 0 saturated carbocycles. The third-order valence-electron chi connectivity index (χ3n) is 6.63. The topological polar surface area (TPSA) is 337 Å². The van der Waals surface area contributed by atoms with Crippen molar-refractivity contribution >= 4 is 58.6 Å². The number of nitrogens with one attached hydrogen (secondary N) is 3. The van der Waals surface area contributed by atoms with Crippen LogP contribution in [0.4, 0.5) is 11.6 Å². The summed E-state index contributed by atoms with van der Waals surface area (Å²) in [7, 11) is 5.83. The van der Waals surface area contributed by atoms with Crippen molar-refractivity contribution in [2.45, 2.75) is 43.9 Å².